The zero-order valence-corrected chi connectivity index (χ0v) is 22.9. The highest BCUT2D eigenvalue weighted by molar-refractivity contribution is 9.09. The lowest BCUT2D eigenvalue weighted by atomic mass is 9.47. The molecule has 0 saturated heterocycles. The molecule has 0 aromatic carbocycles. The predicted molar refractivity (Wildman–Crippen MR) is 137 cm³/mol. The van der Waals surface area contributed by atoms with E-state index in [-0.39, 0.29) is 12.1 Å². The molecule has 0 spiro atoms. The minimum absolute atomic E-state index is 0.0901. The number of halogens is 1. The van der Waals surface area contributed by atoms with Gasteiger partial charge < -0.3 is 4.74 Å². The normalized spacial score (nSPS) is 42.0. The van der Waals surface area contributed by atoms with Crippen molar-refractivity contribution in [2.75, 3.05) is 5.33 Å². The van der Waals surface area contributed by atoms with Crippen molar-refractivity contribution in [3.8, 4) is 0 Å². The van der Waals surface area contributed by atoms with Gasteiger partial charge in [0.05, 0.1) is 0 Å². The van der Waals surface area contributed by atoms with Gasteiger partial charge in [-0.2, -0.15) is 0 Å². The number of fused-ring (bicyclic) bond motifs is 5. The third-order valence-electron chi connectivity index (χ3n) is 10.7. The molecule has 4 rings (SSSR count). The number of esters is 1. The van der Waals surface area contributed by atoms with Crippen LogP contribution < -0.4 is 0 Å². The van der Waals surface area contributed by atoms with Gasteiger partial charge in [-0.3, -0.25) is 4.79 Å². The van der Waals surface area contributed by atoms with Crippen LogP contribution in [0.1, 0.15) is 105 Å². The number of ether oxygens (including phenoxy) is 1. The molecule has 0 aliphatic heterocycles. The third-order valence-corrected chi connectivity index (χ3v) is 11.1. The Morgan fingerprint density at radius 2 is 1.88 bits per heavy atom. The van der Waals surface area contributed by atoms with Crippen molar-refractivity contribution >= 4 is 21.9 Å². The fraction of sp³-hybridized carbons (Fsp3) is 0.897. The zero-order valence-electron chi connectivity index (χ0n) is 21.3. The second-order valence-electron chi connectivity index (χ2n) is 12.8. The SMILES string of the molecule is CC(C)CCC[C@@H](C)C1CCC2C3CC=C4C[C@@H](OC(=O)CBr)CCC4(C)C3CC[C@@]21C. The molecule has 8 atom stereocenters. The van der Waals surface area contributed by atoms with E-state index in [1.807, 2.05) is 0 Å². The molecule has 32 heavy (non-hydrogen) atoms. The number of alkyl halides is 1. The Bertz CT molecular complexity index is 714. The molecule has 0 bridgehead atoms. The Kier molecular flexibility index (Phi) is 7.55. The summed E-state index contributed by atoms with van der Waals surface area (Å²) in [6.07, 6.45) is 17.1. The van der Waals surface area contributed by atoms with E-state index in [0.717, 1.165) is 48.3 Å². The quantitative estimate of drug-likeness (QED) is 0.197. The first-order valence-corrected chi connectivity index (χ1v) is 14.8. The number of allylic oxidation sites excluding steroid dienone is 1. The summed E-state index contributed by atoms with van der Waals surface area (Å²) in [5.41, 5.74) is 2.50. The summed E-state index contributed by atoms with van der Waals surface area (Å²) in [5, 5.41) is 0.307. The lowest BCUT2D eigenvalue weighted by Crippen LogP contribution is -2.51. The number of carbonyl (C=O) groups excluding carboxylic acids is 1. The predicted octanol–water partition coefficient (Wildman–Crippen LogP) is 8.33. The molecule has 0 N–H and O–H groups in total. The van der Waals surface area contributed by atoms with E-state index in [0.29, 0.717) is 16.2 Å². The lowest BCUT2D eigenvalue weighted by Gasteiger charge is -2.58. The van der Waals surface area contributed by atoms with Crippen molar-refractivity contribution in [3.05, 3.63) is 11.6 Å². The second-order valence-corrected chi connectivity index (χ2v) is 13.3. The van der Waals surface area contributed by atoms with E-state index in [2.05, 4.69) is 56.6 Å². The van der Waals surface area contributed by atoms with Crippen LogP contribution in [0.2, 0.25) is 0 Å². The number of hydrogen-bond donors (Lipinski definition) is 0. The molecule has 4 aliphatic rings. The molecule has 0 amide bonds. The van der Waals surface area contributed by atoms with Crippen LogP contribution in [-0.4, -0.2) is 17.4 Å². The van der Waals surface area contributed by atoms with E-state index in [1.165, 1.54) is 57.8 Å². The third kappa shape index (κ3) is 4.50. The van der Waals surface area contributed by atoms with Gasteiger partial charge in [0.2, 0.25) is 0 Å². The fourth-order valence-electron chi connectivity index (χ4n) is 8.97. The van der Waals surface area contributed by atoms with Gasteiger partial charge >= 0.3 is 5.97 Å². The van der Waals surface area contributed by atoms with Gasteiger partial charge in [-0.05, 0) is 91.3 Å². The van der Waals surface area contributed by atoms with Gasteiger partial charge in [-0.15, -0.1) is 0 Å². The first-order chi connectivity index (χ1) is 15.2. The molecule has 0 heterocycles. The molecule has 0 aromatic rings. The van der Waals surface area contributed by atoms with Crippen molar-refractivity contribution in [3.63, 3.8) is 0 Å². The maximum Gasteiger partial charge on any atom is 0.316 e. The van der Waals surface area contributed by atoms with Gasteiger partial charge in [-0.1, -0.05) is 81.5 Å². The molecule has 2 nitrogen and oxygen atoms in total. The van der Waals surface area contributed by atoms with E-state index in [9.17, 15) is 4.79 Å². The Morgan fingerprint density at radius 3 is 2.59 bits per heavy atom. The lowest BCUT2D eigenvalue weighted by molar-refractivity contribution is -0.148. The standard InChI is InChI=1S/C29H47BrO2/c1-19(2)7-6-8-20(3)24-11-12-25-23-10-9-21-17-22(32-27(31)18-30)13-15-28(21,4)26(23)14-16-29(24,25)5/h9,19-20,22-26H,6-8,10-18H2,1-5H3/t20-,22+,23?,24?,25?,26?,28?,29-/m1/s1. The Labute approximate surface area is 205 Å². The molecular formula is C29H47BrO2. The summed E-state index contributed by atoms with van der Waals surface area (Å²) in [7, 11) is 0. The van der Waals surface area contributed by atoms with Crippen LogP contribution in [-0.2, 0) is 9.53 Å². The smallest absolute Gasteiger partial charge is 0.316 e. The van der Waals surface area contributed by atoms with Crippen LogP contribution in [0.3, 0.4) is 0 Å². The Morgan fingerprint density at radius 1 is 1.09 bits per heavy atom. The fourth-order valence-corrected chi connectivity index (χ4v) is 9.10. The van der Waals surface area contributed by atoms with Crippen molar-refractivity contribution in [1.82, 2.24) is 0 Å². The van der Waals surface area contributed by atoms with Crippen molar-refractivity contribution in [1.29, 1.82) is 0 Å². The molecule has 5 unspecified atom stereocenters. The minimum atomic E-state index is -0.110. The minimum Gasteiger partial charge on any atom is -0.461 e. The molecule has 182 valence electrons. The highest BCUT2D eigenvalue weighted by atomic mass is 79.9. The van der Waals surface area contributed by atoms with Crippen molar-refractivity contribution in [2.45, 2.75) is 111 Å². The highest BCUT2D eigenvalue weighted by Gasteiger charge is 2.59. The number of hydrogen-bond acceptors (Lipinski definition) is 2. The summed E-state index contributed by atoms with van der Waals surface area (Å²) < 4.78 is 5.72. The second kappa shape index (κ2) is 9.74. The van der Waals surface area contributed by atoms with Crippen LogP contribution in [0.4, 0.5) is 0 Å². The van der Waals surface area contributed by atoms with Crippen LogP contribution in [0, 0.1) is 46.3 Å². The van der Waals surface area contributed by atoms with Crippen molar-refractivity contribution < 1.29 is 9.53 Å². The van der Waals surface area contributed by atoms with Gasteiger partial charge in [0, 0.05) is 6.42 Å². The molecular weight excluding hydrogens is 460 g/mol. The van der Waals surface area contributed by atoms with Crippen LogP contribution in [0.25, 0.3) is 0 Å². The largest absolute Gasteiger partial charge is 0.461 e. The molecule has 3 heteroatoms. The van der Waals surface area contributed by atoms with E-state index in [1.54, 1.807) is 5.57 Å². The molecule has 3 saturated carbocycles. The van der Waals surface area contributed by atoms with Gasteiger partial charge in [-0.25, -0.2) is 0 Å². The topological polar surface area (TPSA) is 26.3 Å². The Balaban J connectivity index is 1.45. The van der Waals surface area contributed by atoms with E-state index in [4.69, 9.17) is 4.74 Å². The monoisotopic (exact) mass is 506 g/mol. The maximum atomic E-state index is 11.8. The van der Waals surface area contributed by atoms with E-state index >= 15 is 0 Å². The average molecular weight is 508 g/mol. The van der Waals surface area contributed by atoms with Gasteiger partial charge in [0.15, 0.2) is 0 Å². The van der Waals surface area contributed by atoms with Crippen LogP contribution in [0.15, 0.2) is 11.6 Å². The first kappa shape index (κ1) is 24.8. The number of carbonyl (C=O) groups is 1. The molecule has 0 radical (unpaired) electrons. The van der Waals surface area contributed by atoms with E-state index < -0.39 is 0 Å². The molecule has 4 aliphatic carbocycles. The number of rotatable bonds is 7. The first-order valence-electron chi connectivity index (χ1n) is 13.6. The summed E-state index contributed by atoms with van der Waals surface area (Å²) >= 11 is 3.24. The summed E-state index contributed by atoms with van der Waals surface area (Å²) in [6.45, 7) is 12.5. The van der Waals surface area contributed by atoms with Gasteiger partial charge in [0.1, 0.15) is 11.4 Å². The summed E-state index contributed by atoms with van der Waals surface area (Å²) in [4.78, 5) is 11.8. The average Bonchev–Trinajstić information content (AvgIpc) is 3.11. The van der Waals surface area contributed by atoms with Crippen LogP contribution in [0.5, 0.6) is 0 Å². The van der Waals surface area contributed by atoms with Crippen molar-refractivity contribution in [2.24, 2.45) is 46.3 Å². The highest BCUT2D eigenvalue weighted by Crippen LogP contribution is 2.67. The molecule has 3 fully saturated rings. The Hall–Kier alpha value is -0.310. The van der Waals surface area contributed by atoms with Crippen LogP contribution >= 0.6 is 15.9 Å². The maximum absolute atomic E-state index is 11.8. The summed E-state index contributed by atoms with van der Waals surface area (Å²) in [5.74, 6) is 5.16. The van der Waals surface area contributed by atoms with Gasteiger partial charge in [0.25, 0.3) is 0 Å². The zero-order chi connectivity index (χ0) is 23.1. The summed E-state index contributed by atoms with van der Waals surface area (Å²) in [6, 6.07) is 0. The molecule has 0 aromatic heterocycles.